The minimum Gasteiger partial charge on any atom is -0.450 e. The molecule has 31 heavy (non-hydrogen) atoms. The van der Waals surface area contributed by atoms with Crippen LogP contribution in [0.15, 0.2) is 11.1 Å². The fourth-order valence-electron chi connectivity index (χ4n) is 4.67. The van der Waals surface area contributed by atoms with E-state index in [1.54, 1.807) is 0 Å². The second-order valence-electron chi connectivity index (χ2n) is 9.92. The fourth-order valence-corrected chi connectivity index (χ4v) is 4.67. The molecule has 0 aromatic carbocycles. The second-order valence-corrected chi connectivity index (χ2v) is 9.92. The van der Waals surface area contributed by atoms with Crippen molar-refractivity contribution in [1.82, 2.24) is 5.32 Å². The molecule has 1 rings (SSSR count). The van der Waals surface area contributed by atoms with Crippen LogP contribution in [0.2, 0.25) is 0 Å². The van der Waals surface area contributed by atoms with Gasteiger partial charge in [-0.2, -0.15) is 0 Å². The van der Waals surface area contributed by atoms with Crippen molar-refractivity contribution in [3.05, 3.63) is 11.1 Å². The van der Waals surface area contributed by atoms with Crippen molar-refractivity contribution in [2.45, 2.75) is 130 Å². The summed E-state index contributed by atoms with van der Waals surface area (Å²) in [5.41, 5.74) is 2.71. The predicted octanol–water partition coefficient (Wildman–Crippen LogP) is 7.90. The van der Waals surface area contributed by atoms with Crippen LogP contribution in [-0.2, 0) is 9.53 Å². The number of hydrogen-bond acceptors (Lipinski definition) is 3. The molecule has 0 fully saturated rings. The number of ketones is 1. The summed E-state index contributed by atoms with van der Waals surface area (Å²) < 4.78 is 5.07. The molecule has 4 nitrogen and oxygen atoms in total. The molecule has 1 aliphatic rings. The molecule has 4 heteroatoms. The molecule has 1 amide bonds. The summed E-state index contributed by atoms with van der Waals surface area (Å²) in [6.45, 7) is 9.71. The Bertz CT molecular complexity index is 551. The van der Waals surface area contributed by atoms with E-state index in [1.165, 1.54) is 76.2 Å². The molecule has 0 spiro atoms. The number of carbonyl (C=O) groups excluding carboxylic acids is 2. The highest BCUT2D eigenvalue weighted by molar-refractivity contribution is 5.96. The van der Waals surface area contributed by atoms with Gasteiger partial charge < -0.3 is 10.1 Å². The molecule has 1 N–H and O–H groups in total. The third-order valence-corrected chi connectivity index (χ3v) is 6.79. The van der Waals surface area contributed by atoms with Crippen molar-refractivity contribution in [2.24, 2.45) is 5.41 Å². The molecule has 0 aliphatic heterocycles. The van der Waals surface area contributed by atoms with Crippen LogP contribution in [-0.4, -0.2) is 25.0 Å². The van der Waals surface area contributed by atoms with E-state index in [4.69, 9.17) is 4.74 Å². The van der Waals surface area contributed by atoms with Gasteiger partial charge in [-0.05, 0) is 50.5 Å². The van der Waals surface area contributed by atoms with Gasteiger partial charge in [-0.1, -0.05) is 90.0 Å². The number of unbranched alkanes of at least 4 members (excludes halogenated alkanes) is 12. The summed E-state index contributed by atoms with van der Waals surface area (Å²) in [7, 11) is 0. The van der Waals surface area contributed by atoms with Crippen molar-refractivity contribution >= 4 is 11.9 Å². The van der Waals surface area contributed by atoms with Crippen LogP contribution >= 0.6 is 0 Å². The zero-order chi connectivity index (χ0) is 23.0. The maximum absolute atomic E-state index is 12.0. The van der Waals surface area contributed by atoms with Gasteiger partial charge in [0.2, 0.25) is 0 Å². The lowest BCUT2D eigenvalue weighted by Gasteiger charge is -2.34. The second kappa shape index (κ2) is 16.3. The van der Waals surface area contributed by atoms with E-state index in [0.29, 0.717) is 18.9 Å². The first-order chi connectivity index (χ1) is 14.9. The van der Waals surface area contributed by atoms with Crippen molar-refractivity contribution in [1.29, 1.82) is 0 Å². The normalized spacial score (nSPS) is 15.9. The summed E-state index contributed by atoms with van der Waals surface area (Å²) in [4.78, 5) is 23.2. The lowest BCUT2D eigenvalue weighted by atomic mass is 9.70. The summed E-state index contributed by atoms with van der Waals surface area (Å²) in [6.07, 6.45) is 19.2. The molecule has 0 atom stereocenters. The van der Waals surface area contributed by atoms with Crippen LogP contribution in [0.25, 0.3) is 0 Å². The standard InChI is InChI=1S/C27H49NO3/c1-5-28-26(30)31-22-18-16-14-12-10-8-6-7-9-11-13-15-17-19-24-23(2)25(29)20-21-27(24,3)4/h5-22H2,1-4H3,(H,28,30). The van der Waals surface area contributed by atoms with E-state index in [1.807, 2.05) is 13.8 Å². The Labute approximate surface area is 192 Å². The summed E-state index contributed by atoms with van der Waals surface area (Å²) in [6, 6.07) is 0. The van der Waals surface area contributed by atoms with Gasteiger partial charge in [-0.3, -0.25) is 4.79 Å². The molecule has 0 saturated heterocycles. The van der Waals surface area contributed by atoms with Gasteiger partial charge in [-0.25, -0.2) is 4.79 Å². The van der Waals surface area contributed by atoms with Crippen LogP contribution in [0, 0.1) is 5.41 Å². The SMILES string of the molecule is CCNC(=O)OCCCCCCCCCCCCCCCC1=C(C)C(=O)CCC1(C)C. The Kier molecular flexibility index (Phi) is 14.6. The number of carbonyl (C=O) groups is 2. The van der Waals surface area contributed by atoms with Crippen molar-refractivity contribution in [3.8, 4) is 0 Å². The van der Waals surface area contributed by atoms with E-state index < -0.39 is 0 Å². The average Bonchev–Trinajstić information content (AvgIpc) is 2.73. The summed E-state index contributed by atoms with van der Waals surface area (Å²) in [5, 5.41) is 2.64. The summed E-state index contributed by atoms with van der Waals surface area (Å²) >= 11 is 0. The first-order valence-corrected chi connectivity index (χ1v) is 13.0. The van der Waals surface area contributed by atoms with E-state index in [0.717, 1.165) is 37.7 Å². The van der Waals surface area contributed by atoms with Gasteiger partial charge in [-0.15, -0.1) is 0 Å². The number of ether oxygens (including phenoxy) is 1. The third-order valence-electron chi connectivity index (χ3n) is 6.79. The number of rotatable bonds is 17. The Morgan fingerprint density at radius 2 is 1.35 bits per heavy atom. The van der Waals surface area contributed by atoms with Gasteiger partial charge in [0.05, 0.1) is 6.61 Å². The van der Waals surface area contributed by atoms with Crippen LogP contribution in [0.1, 0.15) is 130 Å². The number of Topliss-reactive ketones (excluding diaryl/α,β-unsaturated/α-hetero) is 1. The Morgan fingerprint density at radius 3 is 1.87 bits per heavy atom. The van der Waals surface area contributed by atoms with Crippen molar-refractivity contribution in [2.75, 3.05) is 13.2 Å². The highest BCUT2D eigenvalue weighted by atomic mass is 16.5. The van der Waals surface area contributed by atoms with E-state index in [9.17, 15) is 9.59 Å². The third kappa shape index (κ3) is 12.3. The number of amides is 1. The average molecular weight is 436 g/mol. The molecule has 1 aliphatic carbocycles. The molecular weight excluding hydrogens is 386 g/mol. The zero-order valence-electron chi connectivity index (χ0n) is 21.0. The van der Waals surface area contributed by atoms with Gasteiger partial charge in [0.15, 0.2) is 5.78 Å². The maximum Gasteiger partial charge on any atom is 0.407 e. The van der Waals surface area contributed by atoms with Crippen LogP contribution in [0.3, 0.4) is 0 Å². The molecule has 0 heterocycles. The van der Waals surface area contributed by atoms with E-state index in [-0.39, 0.29) is 11.5 Å². The van der Waals surface area contributed by atoms with Crippen LogP contribution < -0.4 is 5.32 Å². The minimum absolute atomic E-state index is 0.219. The molecule has 0 unspecified atom stereocenters. The van der Waals surface area contributed by atoms with E-state index >= 15 is 0 Å². The Hall–Kier alpha value is -1.32. The lowest BCUT2D eigenvalue weighted by molar-refractivity contribution is -0.116. The molecule has 0 radical (unpaired) electrons. The van der Waals surface area contributed by atoms with Crippen LogP contribution in [0.5, 0.6) is 0 Å². The quantitative estimate of drug-likeness (QED) is 0.236. The number of allylic oxidation sites excluding steroid dienone is 2. The highest BCUT2D eigenvalue weighted by Gasteiger charge is 2.31. The van der Waals surface area contributed by atoms with Gasteiger partial charge in [0.1, 0.15) is 0 Å². The first kappa shape index (κ1) is 27.7. The first-order valence-electron chi connectivity index (χ1n) is 13.0. The maximum atomic E-state index is 12.0. The van der Waals surface area contributed by atoms with Crippen LogP contribution in [0.4, 0.5) is 4.79 Å². The minimum atomic E-state index is -0.292. The van der Waals surface area contributed by atoms with Crippen molar-refractivity contribution < 1.29 is 14.3 Å². The summed E-state index contributed by atoms with van der Waals surface area (Å²) in [5.74, 6) is 0.375. The fraction of sp³-hybridized carbons (Fsp3) is 0.852. The topological polar surface area (TPSA) is 55.4 Å². The zero-order valence-corrected chi connectivity index (χ0v) is 21.0. The van der Waals surface area contributed by atoms with Gasteiger partial charge >= 0.3 is 6.09 Å². The number of hydrogen-bond donors (Lipinski definition) is 1. The van der Waals surface area contributed by atoms with E-state index in [2.05, 4.69) is 19.2 Å². The number of alkyl carbamates (subject to hydrolysis) is 1. The lowest BCUT2D eigenvalue weighted by Crippen LogP contribution is -2.25. The molecule has 0 aromatic heterocycles. The largest absolute Gasteiger partial charge is 0.450 e. The number of nitrogens with one attached hydrogen (secondary N) is 1. The van der Waals surface area contributed by atoms with Crippen molar-refractivity contribution in [3.63, 3.8) is 0 Å². The predicted molar refractivity (Wildman–Crippen MR) is 130 cm³/mol. The molecule has 0 bridgehead atoms. The highest BCUT2D eigenvalue weighted by Crippen LogP contribution is 2.41. The molecule has 0 aromatic rings. The molecular formula is C27H49NO3. The monoisotopic (exact) mass is 435 g/mol. The smallest absolute Gasteiger partial charge is 0.407 e. The molecule has 180 valence electrons. The Balaban J connectivity index is 1.87. The van der Waals surface area contributed by atoms with Gasteiger partial charge in [0.25, 0.3) is 0 Å². The Morgan fingerprint density at radius 1 is 0.871 bits per heavy atom. The van der Waals surface area contributed by atoms with Gasteiger partial charge in [0, 0.05) is 13.0 Å². The molecule has 0 saturated carbocycles.